The van der Waals surface area contributed by atoms with Crippen LogP contribution in [0.1, 0.15) is 35.0 Å². The van der Waals surface area contributed by atoms with E-state index in [2.05, 4.69) is 15.9 Å². The number of halogens is 5. The number of carbonyl (C=O) groups excluding carboxylic acids is 1. The molecule has 0 saturated heterocycles. The van der Waals surface area contributed by atoms with Gasteiger partial charge in [-0.05, 0) is 41.4 Å². The van der Waals surface area contributed by atoms with Gasteiger partial charge in [-0.3, -0.25) is 9.36 Å². The Morgan fingerprint density at radius 3 is 2.43 bits per heavy atom. The Balaban J connectivity index is 2.52. The number of nitrogens with two attached hydrogens (primary N) is 1. The molecule has 0 aliphatic rings. The summed E-state index contributed by atoms with van der Waals surface area (Å²) >= 11 is 3.24. The summed E-state index contributed by atoms with van der Waals surface area (Å²) in [5, 5.41) is 0.0280. The fourth-order valence-electron chi connectivity index (χ4n) is 2.28. The van der Waals surface area contributed by atoms with Crippen LogP contribution in [0.2, 0.25) is 0 Å². The third-order valence-electron chi connectivity index (χ3n) is 3.64. The molecule has 1 aromatic carbocycles. The van der Waals surface area contributed by atoms with Crippen molar-refractivity contribution < 1.29 is 41.4 Å². The van der Waals surface area contributed by atoms with Crippen molar-refractivity contribution in [3.8, 4) is 5.75 Å². The minimum atomic E-state index is -5.83. The molecule has 0 aliphatic heterocycles. The smallest absolute Gasteiger partial charge is 0.400 e. The molecule has 2 rings (SSSR count). The third kappa shape index (κ3) is 4.85. The molecule has 0 unspecified atom stereocenters. The van der Waals surface area contributed by atoms with Crippen molar-refractivity contribution in [2.45, 2.75) is 31.4 Å². The van der Waals surface area contributed by atoms with Gasteiger partial charge in [0.15, 0.2) is 0 Å². The van der Waals surface area contributed by atoms with Crippen molar-refractivity contribution >= 4 is 50.9 Å². The van der Waals surface area contributed by atoms with Gasteiger partial charge in [0.25, 0.3) is 0 Å². The topological polar surface area (TPSA) is 110 Å². The van der Waals surface area contributed by atoms with Crippen molar-refractivity contribution in [3.63, 3.8) is 0 Å². The summed E-state index contributed by atoms with van der Waals surface area (Å²) in [6.45, 7) is 0.548. The van der Waals surface area contributed by atoms with Crippen molar-refractivity contribution in [2.24, 2.45) is 5.73 Å². The van der Waals surface area contributed by atoms with Gasteiger partial charge in [-0.25, -0.2) is 8.78 Å². The lowest BCUT2D eigenvalue weighted by Crippen LogP contribution is -2.12. The number of hydrogen-bond donors (Lipinski definition) is 3. The Labute approximate surface area is 169 Å². The van der Waals surface area contributed by atoms with Crippen LogP contribution in [0.25, 0.3) is 10.1 Å². The standard InChI is InChI=1S/C15H15BrF4NO5PS/c1-14(17,18)3-2-4-26-9-6-7(13(21)22)5-8-10(16)12(28-11(8)9)15(19,20)27(23,24)25/h5-6H,2-4H2,1H3,(H2,21,22)(H2,23,24,25). The molecule has 0 spiro atoms. The summed E-state index contributed by atoms with van der Waals surface area (Å²) in [6, 6.07) is 2.33. The molecule has 0 radical (unpaired) electrons. The molecule has 0 bridgehead atoms. The number of alkyl halides is 4. The van der Waals surface area contributed by atoms with Gasteiger partial charge < -0.3 is 20.3 Å². The van der Waals surface area contributed by atoms with Gasteiger partial charge in [-0.15, -0.1) is 11.3 Å². The Hall–Kier alpha value is -1.20. The zero-order chi connectivity index (χ0) is 21.5. The van der Waals surface area contributed by atoms with Gasteiger partial charge in [-0.2, -0.15) is 8.78 Å². The lowest BCUT2D eigenvalue weighted by molar-refractivity contribution is 0.00773. The molecule has 6 nitrogen and oxygen atoms in total. The quantitative estimate of drug-likeness (QED) is 0.270. The molecule has 1 aromatic heterocycles. The maximum Gasteiger partial charge on any atom is 0.400 e. The molecule has 28 heavy (non-hydrogen) atoms. The fraction of sp³-hybridized carbons (Fsp3) is 0.400. The predicted molar refractivity (Wildman–Crippen MR) is 99.3 cm³/mol. The van der Waals surface area contributed by atoms with Crippen molar-refractivity contribution in [1.29, 1.82) is 0 Å². The largest absolute Gasteiger partial charge is 0.492 e. The average Bonchev–Trinajstić information content (AvgIpc) is 2.87. The lowest BCUT2D eigenvalue weighted by Gasteiger charge is -2.16. The Morgan fingerprint density at radius 2 is 1.93 bits per heavy atom. The highest BCUT2D eigenvalue weighted by Crippen LogP contribution is 2.63. The zero-order valence-corrected chi connectivity index (χ0v) is 17.5. The first kappa shape index (κ1) is 23.1. The number of carbonyl (C=O) groups is 1. The number of benzene rings is 1. The normalized spacial score (nSPS) is 13.1. The second-order valence-corrected chi connectivity index (χ2v) is 9.53. The Bertz CT molecular complexity index is 956. The number of hydrogen-bond acceptors (Lipinski definition) is 4. The average molecular weight is 508 g/mol. The van der Waals surface area contributed by atoms with E-state index in [-0.39, 0.29) is 38.9 Å². The molecular formula is C15H15BrF4NO5PS. The van der Waals surface area contributed by atoms with Crippen LogP contribution in [-0.2, 0) is 10.2 Å². The second kappa shape index (κ2) is 7.91. The van der Waals surface area contributed by atoms with Crippen LogP contribution < -0.4 is 10.5 Å². The summed E-state index contributed by atoms with van der Waals surface area (Å²) in [4.78, 5) is 28.5. The number of amides is 1. The molecule has 156 valence electrons. The van der Waals surface area contributed by atoms with E-state index >= 15 is 0 Å². The molecule has 13 heteroatoms. The summed E-state index contributed by atoms with van der Waals surface area (Å²) in [5.41, 5.74) is 0.633. The fourth-order valence-corrected chi connectivity index (χ4v) is 5.25. The van der Waals surface area contributed by atoms with Gasteiger partial charge in [-0.1, -0.05) is 0 Å². The van der Waals surface area contributed by atoms with Gasteiger partial charge in [0.2, 0.25) is 11.8 Å². The van der Waals surface area contributed by atoms with Gasteiger partial charge in [0.05, 0.1) is 11.3 Å². The number of thiophene rings is 1. The van der Waals surface area contributed by atoms with Crippen molar-refractivity contribution in [3.05, 3.63) is 27.0 Å². The molecule has 0 saturated carbocycles. The summed E-state index contributed by atoms with van der Waals surface area (Å²) in [7, 11) is -5.83. The van der Waals surface area contributed by atoms with Crippen LogP contribution in [0.3, 0.4) is 0 Å². The first-order valence-electron chi connectivity index (χ1n) is 7.65. The highest BCUT2D eigenvalue weighted by atomic mass is 79.9. The van der Waals surface area contributed by atoms with E-state index in [0.29, 0.717) is 11.3 Å². The number of rotatable bonds is 8. The van der Waals surface area contributed by atoms with Gasteiger partial charge in [0.1, 0.15) is 10.6 Å². The highest BCUT2D eigenvalue weighted by molar-refractivity contribution is 9.10. The first-order chi connectivity index (χ1) is 12.6. The summed E-state index contributed by atoms with van der Waals surface area (Å²) < 4.78 is 70.5. The third-order valence-corrected chi connectivity index (χ3v) is 7.12. The van der Waals surface area contributed by atoms with E-state index in [1.165, 1.54) is 6.07 Å². The molecule has 1 heterocycles. The molecule has 0 aliphatic carbocycles. The van der Waals surface area contributed by atoms with E-state index < -0.39 is 36.4 Å². The van der Waals surface area contributed by atoms with Crippen molar-refractivity contribution in [2.75, 3.05) is 6.61 Å². The van der Waals surface area contributed by atoms with Crippen LogP contribution in [0.5, 0.6) is 5.75 Å². The molecule has 4 N–H and O–H groups in total. The minimum absolute atomic E-state index is 0.0280. The first-order valence-corrected chi connectivity index (χ1v) is 10.9. The van der Waals surface area contributed by atoms with Crippen LogP contribution in [0, 0.1) is 0 Å². The highest BCUT2D eigenvalue weighted by Gasteiger charge is 2.53. The Morgan fingerprint density at radius 1 is 1.32 bits per heavy atom. The minimum Gasteiger partial charge on any atom is -0.492 e. The maximum absolute atomic E-state index is 14.2. The zero-order valence-electron chi connectivity index (χ0n) is 14.2. The summed E-state index contributed by atoms with van der Waals surface area (Å²) in [5.74, 6) is -3.88. The van der Waals surface area contributed by atoms with E-state index in [0.717, 1.165) is 13.0 Å². The Kier molecular flexibility index (Phi) is 6.52. The summed E-state index contributed by atoms with van der Waals surface area (Å²) in [6.07, 6.45) is -0.523. The van der Waals surface area contributed by atoms with E-state index in [1.54, 1.807) is 0 Å². The van der Waals surface area contributed by atoms with Gasteiger partial charge >= 0.3 is 13.3 Å². The second-order valence-electron chi connectivity index (χ2n) is 6.07. The van der Waals surface area contributed by atoms with Crippen LogP contribution >= 0.6 is 34.9 Å². The SMILES string of the molecule is CC(F)(F)CCCOc1cc(C(N)=O)cc2c(Br)c(C(F)(F)P(=O)(O)O)sc12. The number of primary amides is 1. The molecule has 0 atom stereocenters. The maximum atomic E-state index is 14.2. The predicted octanol–water partition coefficient (Wildman–Crippen LogP) is 4.80. The van der Waals surface area contributed by atoms with Crippen LogP contribution in [0.4, 0.5) is 17.6 Å². The van der Waals surface area contributed by atoms with Crippen molar-refractivity contribution in [1.82, 2.24) is 0 Å². The molecular weight excluding hydrogens is 493 g/mol. The van der Waals surface area contributed by atoms with Crippen LogP contribution in [-0.4, -0.2) is 28.2 Å². The monoisotopic (exact) mass is 507 g/mol. The number of ether oxygens (including phenoxy) is 1. The van der Waals surface area contributed by atoms with Gasteiger partial charge in [0, 0.05) is 21.8 Å². The number of fused-ring (bicyclic) bond motifs is 1. The lowest BCUT2D eigenvalue weighted by atomic mass is 10.1. The molecule has 1 amide bonds. The van der Waals surface area contributed by atoms with E-state index in [9.17, 15) is 26.9 Å². The van der Waals surface area contributed by atoms with Crippen LogP contribution in [0.15, 0.2) is 16.6 Å². The van der Waals surface area contributed by atoms with E-state index in [1.807, 2.05) is 0 Å². The molecule has 2 aromatic rings. The van der Waals surface area contributed by atoms with E-state index in [4.69, 9.17) is 20.3 Å². The molecule has 0 fully saturated rings.